The van der Waals surface area contributed by atoms with Crippen LogP contribution in [0.15, 0.2) is 29.3 Å². The molecule has 2 aliphatic carbocycles. The molecular weight excluding hydrogens is 380 g/mol. The van der Waals surface area contributed by atoms with Crippen molar-refractivity contribution in [3.05, 3.63) is 51.7 Å². The number of hydrogen-bond donors (Lipinski definition) is 1. The first-order chi connectivity index (χ1) is 14.0. The molecule has 1 fully saturated rings. The minimum absolute atomic E-state index is 0.0422. The zero-order chi connectivity index (χ0) is 20.4. The second-order valence-electron chi connectivity index (χ2n) is 7.59. The number of benzene rings is 1. The summed E-state index contributed by atoms with van der Waals surface area (Å²) >= 11 is 0. The average Bonchev–Trinajstić information content (AvgIpc) is 3.22. The topological polar surface area (TPSA) is 88.0 Å². The first kappa shape index (κ1) is 19.4. The molecule has 8 heteroatoms. The average molecular weight is 401 g/mol. The standard InChI is InChI=1S/C21H21F2N3O3/c22-20(23)29-17-6-5-13(9-18(17)28-14-3-1-2-4-14)21(11-24)8-7-16-15(10-21)19(27)26-12-25-16/h5-6,9,12,14,20H,1-4,7-8,10H2,(H,25,26,27). The Morgan fingerprint density at radius 2 is 2.07 bits per heavy atom. The summed E-state index contributed by atoms with van der Waals surface area (Å²) < 4.78 is 36.3. The lowest BCUT2D eigenvalue weighted by Crippen LogP contribution is -2.36. The number of aryl methyl sites for hydroxylation is 1. The summed E-state index contributed by atoms with van der Waals surface area (Å²) in [5.74, 6) is 0.176. The molecule has 0 aliphatic heterocycles. The predicted octanol–water partition coefficient (Wildman–Crippen LogP) is 3.64. The number of nitriles is 1. The Hall–Kier alpha value is -2.95. The minimum atomic E-state index is -2.97. The second-order valence-corrected chi connectivity index (χ2v) is 7.59. The SMILES string of the molecule is N#CC1(c2ccc(OC(F)F)c(OC3CCCC3)c2)CCc2nc[nH]c(=O)c2C1. The number of alkyl halides is 2. The molecule has 2 aromatic rings. The molecule has 2 aliphatic rings. The van der Waals surface area contributed by atoms with Gasteiger partial charge in [-0.05, 0) is 56.2 Å². The van der Waals surface area contributed by atoms with Gasteiger partial charge in [0.25, 0.3) is 5.56 Å². The number of nitrogens with one attached hydrogen (secondary N) is 1. The first-order valence-corrected chi connectivity index (χ1v) is 9.73. The van der Waals surface area contributed by atoms with E-state index in [4.69, 9.17) is 4.74 Å². The van der Waals surface area contributed by atoms with E-state index in [0.29, 0.717) is 29.7 Å². The molecule has 0 radical (unpaired) electrons. The van der Waals surface area contributed by atoms with Gasteiger partial charge in [0.05, 0.1) is 29.6 Å². The van der Waals surface area contributed by atoms with E-state index in [1.165, 1.54) is 12.4 Å². The van der Waals surface area contributed by atoms with E-state index in [1.807, 2.05) is 0 Å². The summed E-state index contributed by atoms with van der Waals surface area (Å²) in [7, 11) is 0. The van der Waals surface area contributed by atoms with Gasteiger partial charge in [-0.15, -0.1) is 0 Å². The van der Waals surface area contributed by atoms with Crippen molar-refractivity contribution in [2.24, 2.45) is 0 Å². The maximum absolute atomic E-state index is 12.8. The Morgan fingerprint density at radius 1 is 1.28 bits per heavy atom. The summed E-state index contributed by atoms with van der Waals surface area (Å²) in [5.41, 5.74) is 0.601. The summed E-state index contributed by atoms with van der Waals surface area (Å²) in [6.45, 7) is -2.97. The monoisotopic (exact) mass is 401 g/mol. The Labute approximate surface area is 166 Å². The van der Waals surface area contributed by atoms with Gasteiger partial charge < -0.3 is 14.5 Å². The smallest absolute Gasteiger partial charge is 0.387 e. The number of aromatic nitrogens is 2. The van der Waals surface area contributed by atoms with E-state index in [9.17, 15) is 18.8 Å². The van der Waals surface area contributed by atoms with Crippen LogP contribution in [-0.2, 0) is 18.3 Å². The molecule has 29 heavy (non-hydrogen) atoms. The lowest BCUT2D eigenvalue weighted by atomic mass is 9.69. The van der Waals surface area contributed by atoms with Crippen molar-refractivity contribution in [2.75, 3.05) is 0 Å². The van der Waals surface area contributed by atoms with Crippen molar-refractivity contribution in [1.29, 1.82) is 5.26 Å². The van der Waals surface area contributed by atoms with Crippen molar-refractivity contribution in [2.45, 2.75) is 63.1 Å². The summed E-state index contributed by atoms with van der Waals surface area (Å²) in [6.07, 6.45) is 6.26. The third-order valence-corrected chi connectivity index (χ3v) is 5.83. The van der Waals surface area contributed by atoms with Crippen LogP contribution in [0, 0.1) is 11.3 Å². The fourth-order valence-electron chi connectivity index (χ4n) is 4.27. The van der Waals surface area contributed by atoms with Gasteiger partial charge in [-0.1, -0.05) is 6.07 Å². The molecule has 1 atom stereocenters. The van der Waals surface area contributed by atoms with Crippen LogP contribution in [0.4, 0.5) is 8.78 Å². The van der Waals surface area contributed by atoms with E-state index >= 15 is 0 Å². The highest BCUT2D eigenvalue weighted by Crippen LogP contribution is 2.41. The van der Waals surface area contributed by atoms with Crippen LogP contribution in [-0.4, -0.2) is 22.7 Å². The van der Waals surface area contributed by atoms with Crippen molar-refractivity contribution < 1.29 is 18.3 Å². The first-order valence-electron chi connectivity index (χ1n) is 9.73. The Morgan fingerprint density at radius 3 is 2.79 bits per heavy atom. The van der Waals surface area contributed by atoms with Crippen LogP contribution in [0.2, 0.25) is 0 Å². The van der Waals surface area contributed by atoms with Crippen molar-refractivity contribution in [3.63, 3.8) is 0 Å². The van der Waals surface area contributed by atoms with Crippen LogP contribution in [0.25, 0.3) is 0 Å². The second kappa shape index (κ2) is 7.82. The molecule has 6 nitrogen and oxygen atoms in total. The number of halogens is 2. The third-order valence-electron chi connectivity index (χ3n) is 5.83. The zero-order valence-electron chi connectivity index (χ0n) is 15.8. The van der Waals surface area contributed by atoms with Gasteiger partial charge in [-0.3, -0.25) is 4.79 Å². The van der Waals surface area contributed by atoms with Gasteiger partial charge in [-0.2, -0.15) is 14.0 Å². The zero-order valence-corrected chi connectivity index (χ0v) is 15.8. The summed E-state index contributed by atoms with van der Waals surface area (Å²) in [6, 6.07) is 7.01. The molecule has 152 valence electrons. The fraction of sp³-hybridized carbons (Fsp3) is 0.476. The number of rotatable bonds is 5. The van der Waals surface area contributed by atoms with E-state index in [1.54, 1.807) is 12.1 Å². The number of ether oxygens (including phenoxy) is 2. The van der Waals surface area contributed by atoms with Gasteiger partial charge in [0.1, 0.15) is 0 Å². The normalized spacial score (nSPS) is 21.6. The Balaban J connectivity index is 1.72. The molecule has 1 N–H and O–H groups in total. The molecular formula is C21H21F2N3O3. The van der Waals surface area contributed by atoms with Crippen molar-refractivity contribution in [3.8, 4) is 17.6 Å². The Bertz CT molecular complexity index is 995. The number of fused-ring (bicyclic) bond motifs is 1. The van der Waals surface area contributed by atoms with E-state index in [-0.39, 0.29) is 29.6 Å². The van der Waals surface area contributed by atoms with Crippen LogP contribution in [0.3, 0.4) is 0 Å². The van der Waals surface area contributed by atoms with Gasteiger partial charge in [0, 0.05) is 12.0 Å². The van der Waals surface area contributed by atoms with Gasteiger partial charge in [-0.25, -0.2) is 4.98 Å². The molecule has 1 aromatic heterocycles. The molecule has 0 bridgehead atoms. The van der Waals surface area contributed by atoms with Crippen molar-refractivity contribution >= 4 is 0 Å². The quantitative estimate of drug-likeness (QED) is 0.826. The highest BCUT2D eigenvalue weighted by Gasteiger charge is 2.39. The molecule has 4 rings (SSSR count). The fourth-order valence-corrected chi connectivity index (χ4v) is 4.27. The molecule has 1 saturated carbocycles. The number of H-pyrrole nitrogens is 1. The maximum Gasteiger partial charge on any atom is 0.387 e. The van der Waals surface area contributed by atoms with E-state index in [2.05, 4.69) is 20.8 Å². The molecule has 0 amide bonds. The van der Waals surface area contributed by atoms with Gasteiger partial charge >= 0.3 is 6.61 Å². The lowest BCUT2D eigenvalue weighted by molar-refractivity contribution is -0.0520. The summed E-state index contributed by atoms with van der Waals surface area (Å²) in [5, 5.41) is 10.0. The van der Waals surface area contributed by atoms with Gasteiger partial charge in [0.15, 0.2) is 11.5 Å². The number of aromatic amines is 1. The largest absolute Gasteiger partial charge is 0.487 e. The highest BCUT2D eigenvalue weighted by molar-refractivity contribution is 5.49. The lowest BCUT2D eigenvalue weighted by Gasteiger charge is -2.32. The molecule has 1 unspecified atom stereocenters. The summed E-state index contributed by atoms with van der Waals surface area (Å²) in [4.78, 5) is 19.0. The van der Waals surface area contributed by atoms with Crippen LogP contribution in [0.5, 0.6) is 11.5 Å². The van der Waals surface area contributed by atoms with E-state index in [0.717, 1.165) is 25.7 Å². The number of hydrogen-bond acceptors (Lipinski definition) is 5. The van der Waals surface area contributed by atoms with Gasteiger partial charge in [0.2, 0.25) is 0 Å². The highest BCUT2D eigenvalue weighted by atomic mass is 19.3. The molecule has 1 aromatic carbocycles. The Kier molecular flexibility index (Phi) is 5.22. The molecule has 1 heterocycles. The van der Waals surface area contributed by atoms with Crippen LogP contribution in [0.1, 0.15) is 48.9 Å². The predicted molar refractivity (Wildman–Crippen MR) is 100 cm³/mol. The molecule has 0 saturated heterocycles. The maximum atomic E-state index is 12.8. The number of nitrogens with zero attached hydrogens (tertiary/aromatic N) is 2. The third kappa shape index (κ3) is 3.82. The van der Waals surface area contributed by atoms with Crippen LogP contribution >= 0.6 is 0 Å². The van der Waals surface area contributed by atoms with E-state index < -0.39 is 12.0 Å². The molecule has 0 spiro atoms. The van der Waals surface area contributed by atoms with Crippen LogP contribution < -0.4 is 15.0 Å². The van der Waals surface area contributed by atoms with Crippen molar-refractivity contribution in [1.82, 2.24) is 9.97 Å². The minimum Gasteiger partial charge on any atom is -0.487 e.